The molecule has 0 radical (unpaired) electrons. The molecule has 1 unspecified atom stereocenters. The van der Waals surface area contributed by atoms with Gasteiger partial charge in [-0.05, 0) is 12.8 Å². The Labute approximate surface area is 147 Å². The summed E-state index contributed by atoms with van der Waals surface area (Å²) in [7, 11) is -4.56. The third-order valence-electron chi connectivity index (χ3n) is 3.26. The van der Waals surface area contributed by atoms with Crippen LogP contribution in [0.1, 0.15) is 84.5 Å². The topological polar surface area (TPSA) is 66.4 Å². The molecule has 0 aliphatic heterocycles. The van der Waals surface area contributed by atoms with E-state index in [0.717, 1.165) is 25.7 Å². The molecule has 20 heavy (non-hydrogen) atoms. The van der Waals surface area contributed by atoms with Gasteiger partial charge >= 0.3 is 29.6 Å². The van der Waals surface area contributed by atoms with Crippen molar-refractivity contribution in [1.29, 1.82) is 0 Å². The van der Waals surface area contributed by atoms with Crippen molar-refractivity contribution < 1.29 is 46.7 Å². The largest absolute Gasteiger partial charge is 1.00 e. The Balaban J connectivity index is 0. The maximum Gasteiger partial charge on any atom is 1.00 e. The summed E-state index contributed by atoms with van der Waals surface area (Å²) in [5.74, 6) is 0. The molecule has 0 fully saturated rings. The summed E-state index contributed by atoms with van der Waals surface area (Å²) in [4.78, 5) is 0. The van der Waals surface area contributed by atoms with Crippen molar-refractivity contribution in [3.63, 3.8) is 0 Å². The molecule has 0 bridgehead atoms. The summed E-state index contributed by atoms with van der Waals surface area (Å²) in [6.45, 7) is 4.23. The van der Waals surface area contributed by atoms with Gasteiger partial charge in [0.15, 0.2) is 0 Å². The van der Waals surface area contributed by atoms with Crippen LogP contribution in [0.2, 0.25) is 0 Å². The molecule has 0 saturated carbocycles. The Bertz CT molecular complexity index is 294. The second-order valence-electron chi connectivity index (χ2n) is 5.18. The maximum atomic E-state index is 10.6. The second kappa shape index (κ2) is 14.8. The average molecular weight is 316 g/mol. The number of hydrogen-bond acceptors (Lipinski definition) is 4. The van der Waals surface area contributed by atoms with Gasteiger partial charge in [-0.2, -0.15) is 0 Å². The second-order valence-corrected chi connectivity index (χ2v) is 6.19. The van der Waals surface area contributed by atoms with E-state index in [1.54, 1.807) is 0 Å². The molecule has 0 heterocycles. The third-order valence-corrected chi connectivity index (χ3v) is 3.77. The maximum absolute atomic E-state index is 10.6. The summed E-state index contributed by atoms with van der Waals surface area (Å²) in [6.07, 6.45) is 11.1. The fourth-order valence-electron chi connectivity index (χ4n) is 2.17. The Hall–Kier alpha value is 0.870. The van der Waals surface area contributed by atoms with Crippen molar-refractivity contribution >= 4 is 10.4 Å². The van der Waals surface area contributed by atoms with Gasteiger partial charge in [-0.15, -0.1) is 0 Å². The molecular formula is C14H29NaO4S. The molecule has 0 aliphatic rings. The first-order valence-corrected chi connectivity index (χ1v) is 8.97. The van der Waals surface area contributed by atoms with Crippen molar-refractivity contribution in [1.82, 2.24) is 0 Å². The minimum Gasteiger partial charge on any atom is -0.726 e. The fourth-order valence-corrected chi connectivity index (χ4v) is 2.69. The van der Waals surface area contributed by atoms with E-state index in [4.69, 9.17) is 0 Å². The number of rotatable bonds is 13. The van der Waals surface area contributed by atoms with E-state index in [-0.39, 0.29) is 29.6 Å². The molecule has 0 aliphatic carbocycles. The van der Waals surface area contributed by atoms with Gasteiger partial charge in [-0.1, -0.05) is 71.6 Å². The molecule has 0 amide bonds. The normalized spacial score (nSPS) is 12.9. The Morgan fingerprint density at radius 2 is 1.30 bits per heavy atom. The zero-order valence-electron chi connectivity index (χ0n) is 13.4. The van der Waals surface area contributed by atoms with Gasteiger partial charge in [0, 0.05) is 0 Å². The molecule has 4 nitrogen and oxygen atoms in total. The van der Waals surface area contributed by atoms with Crippen molar-refractivity contribution in [3.05, 3.63) is 0 Å². The zero-order chi connectivity index (χ0) is 14.6. The molecule has 0 aromatic rings. The van der Waals surface area contributed by atoms with Crippen LogP contribution in [-0.4, -0.2) is 19.1 Å². The monoisotopic (exact) mass is 316 g/mol. The Morgan fingerprint density at radius 3 is 1.80 bits per heavy atom. The molecular weight excluding hydrogens is 287 g/mol. The average Bonchev–Trinajstić information content (AvgIpc) is 2.33. The molecule has 0 saturated heterocycles. The molecule has 116 valence electrons. The van der Waals surface area contributed by atoms with Crippen molar-refractivity contribution in [3.8, 4) is 0 Å². The van der Waals surface area contributed by atoms with Crippen LogP contribution in [0.25, 0.3) is 0 Å². The third kappa shape index (κ3) is 16.9. The predicted molar refractivity (Wildman–Crippen MR) is 76.7 cm³/mol. The zero-order valence-corrected chi connectivity index (χ0v) is 16.2. The van der Waals surface area contributed by atoms with E-state index >= 15 is 0 Å². The van der Waals surface area contributed by atoms with Crippen LogP contribution in [0.15, 0.2) is 0 Å². The van der Waals surface area contributed by atoms with Crippen LogP contribution in [0.5, 0.6) is 0 Å². The van der Waals surface area contributed by atoms with Crippen LogP contribution in [-0.2, 0) is 14.6 Å². The summed E-state index contributed by atoms with van der Waals surface area (Å²) < 4.78 is 36.5. The smallest absolute Gasteiger partial charge is 0.726 e. The van der Waals surface area contributed by atoms with E-state index in [1.165, 1.54) is 32.1 Å². The van der Waals surface area contributed by atoms with Gasteiger partial charge in [0.2, 0.25) is 10.4 Å². The van der Waals surface area contributed by atoms with E-state index < -0.39 is 16.5 Å². The van der Waals surface area contributed by atoms with Crippen LogP contribution in [0.3, 0.4) is 0 Å². The van der Waals surface area contributed by atoms with Crippen LogP contribution in [0.4, 0.5) is 0 Å². The summed E-state index contributed by atoms with van der Waals surface area (Å²) in [5.41, 5.74) is 0. The minimum absolute atomic E-state index is 0. The SMILES string of the molecule is CCCCCCCCCC(CCCC)OS(=O)(=O)[O-].[Na+]. The molecule has 0 N–H and O–H groups in total. The summed E-state index contributed by atoms with van der Waals surface area (Å²) in [6, 6.07) is 0. The van der Waals surface area contributed by atoms with E-state index in [0.29, 0.717) is 12.8 Å². The Morgan fingerprint density at radius 1 is 0.850 bits per heavy atom. The van der Waals surface area contributed by atoms with E-state index in [9.17, 15) is 13.0 Å². The van der Waals surface area contributed by atoms with Gasteiger partial charge in [0.05, 0.1) is 6.10 Å². The molecule has 0 rings (SSSR count). The Kier molecular flexibility index (Phi) is 17.1. The first-order chi connectivity index (χ1) is 8.99. The standard InChI is InChI=1S/C14H30O4S.Na/c1-3-5-7-8-9-10-11-13-14(12-6-4-2)18-19(15,16)17;/h14H,3-13H2,1-2H3,(H,15,16,17);/q;+1/p-1. The predicted octanol–water partition coefficient (Wildman–Crippen LogP) is 1.17. The number of unbranched alkanes of at least 4 members (excludes halogenated alkanes) is 7. The summed E-state index contributed by atoms with van der Waals surface area (Å²) in [5, 5.41) is 0. The summed E-state index contributed by atoms with van der Waals surface area (Å²) >= 11 is 0. The number of hydrogen-bond donors (Lipinski definition) is 0. The van der Waals surface area contributed by atoms with Gasteiger partial charge < -0.3 is 4.55 Å². The van der Waals surface area contributed by atoms with E-state index in [2.05, 4.69) is 11.1 Å². The van der Waals surface area contributed by atoms with Crippen molar-refractivity contribution in [2.24, 2.45) is 0 Å². The molecule has 0 spiro atoms. The van der Waals surface area contributed by atoms with Crippen LogP contribution < -0.4 is 29.6 Å². The first-order valence-electron chi connectivity index (χ1n) is 7.63. The minimum atomic E-state index is -4.56. The quantitative estimate of drug-likeness (QED) is 0.221. The van der Waals surface area contributed by atoms with E-state index in [1.807, 2.05) is 6.92 Å². The van der Waals surface area contributed by atoms with Crippen LogP contribution in [0, 0.1) is 0 Å². The van der Waals surface area contributed by atoms with Crippen molar-refractivity contribution in [2.45, 2.75) is 90.6 Å². The fraction of sp³-hybridized carbons (Fsp3) is 1.00. The van der Waals surface area contributed by atoms with Gasteiger partial charge in [-0.25, -0.2) is 8.42 Å². The first kappa shape index (κ1) is 23.1. The van der Waals surface area contributed by atoms with Crippen molar-refractivity contribution in [2.75, 3.05) is 0 Å². The van der Waals surface area contributed by atoms with Gasteiger partial charge in [0.25, 0.3) is 0 Å². The van der Waals surface area contributed by atoms with Gasteiger partial charge in [0.1, 0.15) is 0 Å². The molecule has 0 aromatic carbocycles. The van der Waals surface area contributed by atoms with Gasteiger partial charge in [-0.3, -0.25) is 4.18 Å². The molecule has 0 aromatic heterocycles. The molecule has 1 atom stereocenters. The van der Waals surface area contributed by atoms with Crippen LogP contribution >= 0.6 is 0 Å². The molecule has 6 heteroatoms.